The van der Waals surface area contributed by atoms with E-state index >= 15 is 0 Å². The van der Waals surface area contributed by atoms with Crippen molar-refractivity contribution in [3.63, 3.8) is 0 Å². The van der Waals surface area contributed by atoms with Crippen molar-refractivity contribution in [2.45, 2.75) is 64.6 Å². The molecule has 0 radical (unpaired) electrons. The molecule has 1 saturated carbocycles. The van der Waals surface area contributed by atoms with E-state index in [1.54, 1.807) is 0 Å². The number of hydrogen-bond donors (Lipinski definition) is 1. The number of rotatable bonds is 5. The number of hydrogen-bond acceptors (Lipinski definition) is 4. The lowest BCUT2D eigenvalue weighted by molar-refractivity contribution is -0.0127. The Balaban J connectivity index is 2.21. The Morgan fingerprint density at radius 2 is 1.88 bits per heavy atom. The third kappa shape index (κ3) is 5.49. The smallest absolute Gasteiger partial charge is 0.410 e. The van der Waals surface area contributed by atoms with E-state index in [4.69, 9.17) is 15.5 Å². The molecule has 0 aromatic heterocycles. The molecule has 1 amide bonds. The number of ether oxygens (including phenoxy) is 1. The van der Waals surface area contributed by atoms with Crippen molar-refractivity contribution in [1.82, 2.24) is 4.90 Å². The highest BCUT2D eigenvalue weighted by Gasteiger charge is 2.35. The van der Waals surface area contributed by atoms with Crippen molar-refractivity contribution in [2.75, 3.05) is 6.61 Å². The highest BCUT2D eigenvalue weighted by molar-refractivity contribution is 5.68. The van der Waals surface area contributed by atoms with Crippen LogP contribution in [0, 0.1) is 5.92 Å². The Bertz CT molecular complexity index is 511. The van der Waals surface area contributed by atoms with E-state index in [1.165, 1.54) is 0 Å². The van der Waals surface area contributed by atoms with Crippen molar-refractivity contribution in [2.24, 2.45) is 11.8 Å². The van der Waals surface area contributed by atoms with E-state index in [2.05, 4.69) is 0 Å². The predicted molar refractivity (Wildman–Crippen MR) is 94.1 cm³/mol. The first-order valence-corrected chi connectivity index (χ1v) is 8.76. The molecule has 0 spiro atoms. The highest BCUT2D eigenvalue weighted by Crippen LogP contribution is 2.31. The minimum Gasteiger partial charge on any atom is -0.444 e. The van der Waals surface area contributed by atoms with Crippen LogP contribution >= 0.6 is 0 Å². The van der Waals surface area contributed by atoms with Crippen LogP contribution < -0.4 is 5.90 Å². The van der Waals surface area contributed by atoms with Crippen molar-refractivity contribution in [1.29, 1.82) is 0 Å². The minimum atomic E-state index is -0.513. The molecule has 0 heterocycles. The molecule has 134 valence electrons. The van der Waals surface area contributed by atoms with Crippen molar-refractivity contribution >= 4 is 6.09 Å². The molecule has 1 aromatic rings. The van der Waals surface area contributed by atoms with Gasteiger partial charge in [0.25, 0.3) is 0 Å². The van der Waals surface area contributed by atoms with Gasteiger partial charge >= 0.3 is 6.09 Å². The van der Waals surface area contributed by atoms with Crippen LogP contribution in [0.4, 0.5) is 4.79 Å². The fourth-order valence-corrected chi connectivity index (χ4v) is 3.33. The zero-order valence-electron chi connectivity index (χ0n) is 15.0. The third-order valence-corrected chi connectivity index (χ3v) is 4.40. The van der Waals surface area contributed by atoms with Crippen molar-refractivity contribution < 1.29 is 14.4 Å². The number of carbonyl (C=O) groups excluding carboxylic acids is 1. The van der Waals surface area contributed by atoms with Crippen molar-refractivity contribution in [3.8, 4) is 0 Å². The van der Waals surface area contributed by atoms with Crippen LogP contribution in [0.3, 0.4) is 0 Å². The van der Waals surface area contributed by atoms with Gasteiger partial charge in [-0.05, 0) is 39.2 Å². The molecule has 1 aliphatic carbocycles. The van der Waals surface area contributed by atoms with Crippen LogP contribution in [0.1, 0.15) is 52.0 Å². The fraction of sp³-hybridized carbons (Fsp3) is 0.632. The van der Waals surface area contributed by atoms with Gasteiger partial charge in [-0.15, -0.1) is 0 Å². The van der Waals surface area contributed by atoms with Gasteiger partial charge < -0.3 is 14.5 Å². The average molecular weight is 334 g/mol. The number of nitrogens with zero attached hydrogens (tertiary/aromatic N) is 1. The molecule has 1 aliphatic rings. The molecule has 0 bridgehead atoms. The van der Waals surface area contributed by atoms with Gasteiger partial charge in [-0.25, -0.2) is 10.7 Å². The SMILES string of the molecule is CC(C)(C)OC(=O)N(Cc1ccccc1)C1CCCCC1CON. The summed E-state index contributed by atoms with van der Waals surface area (Å²) in [6, 6.07) is 10.1. The van der Waals surface area contributed by atoms with Gasteiger partial charge in [-0.3, -0.25) is 0 Å². The van der Waals surface area contributed by atoms with Gasteiger partial charge in [0, 0.05) is 18.5 Å². The van der Waals surface area contributed by atoms with Crippen LogP contribution in [0.2, 0.25) is 0 Å². The second kappa shape index (κ2) is 8.49. The minimum absolute atomic E-state index is 0.0948. The summed E-state index contributed by atoms with van der Waals surface area (Å²) in [5.41, 5.74) is 0.585. The molecule has 0 saturated heterocycles. The lowest BCUT2D eigenvalue weighted by atomic mass is 9.84. The van der Waals surface area contributed by atoms with Gasteiger partial charge in [-0.1, -0.05) is 43.2 Å². The number of amides is 1. The molecule has 2 atom stereocenters. The first-order chi connectivity index (χ1) is 11.4. The van der Waals surface area contributed by atoms with Crippen LogP contribution in [-0.4, -0.2) is 29.2 Å². The number of benzene rings is 1. The molecule has 1 fully saturated rings. The first-order valence-electron chi connectivity index (χ1n) is 8.76. The Hall–Kier alpha value is -1.59. The van der Waals surface area contributed by atoms with Crippen LogP contribution in [0.15, 0.2) is 30.3 Å². The fourth-order valence-electron chi connectivity index (χ4n) is 3.33. The lowest BCUT2D eigenvalue weighted by Gasteiger charge is -2.40. The van der Waals surface area contributed by atoms with E-state index in [1.807, 2.05) is 56.0 Å². The van der Waals surface area contributed by atoms with E-state index in [-0.39, 0.29) is 18.1 Å². The molecule has 0 aliphatic heterocycles. The Labute approximate surface area is 145 Å². The maximum atomic E-state index is 12.8. The molecular weight excluding hydrogens is 304 g/mol. The molecule has 1 aromatic carbocycles. The quantitative estimate of drug-likeness (QED) is 0.830. The van der Waals surface area contributed by atoms with E-state index < -0.39 is 5.60 Å². The second-order valence-electron chi connectivity index (χ2n) is 7.54. The molecule has 2 N–H and O–H groups in total. The van der Waals surface area contributed by atoms with Gasteiger partial charge in [0.1, 0.15) is 5.60 Å². The van der Waals surface area contributed by atoms with Crippen molar-refractivity contribution in [3.05, 3.63) is 35.9 Å². The Morgan fingerprint density at radius 1 is 1.21 bits per heavy atom. The summed E-state index contributed by atoms with van der Waals surface area (Å²) >= 11 is 0. The monoisotopic (exact) mass is 334 g/mol. The normalized spacial score (nSPS) is 21.3. The maximum Gasteiger partial charge on any atom is 0.410 e. The van der Waals surface area contributed by atoms with Gasteiger partial charge in [0.05, 0.1) is 6.61 Å². The molecule has 5 nitrogen and oxygen atoms in total. The maximum absolute atomic E-state index is 12.8. The van der Waals surface area contributed by atoms with E-state index in [0.717, 1.165) is 31.2 Å². The zero-order chi connectivity index (χ0) is 17.6. The first kappa shape index (κ1) is 18.7. The summed E-state index contributed by atoms with van der Waals surface area (Å²) in [6.07, 6.45) is 3.98. The number of nitrogens with two attached hydrogens (primary N) is 1. The Kier molecular flexibility index (Phi) is 6.63. The molecule has 24 heavy (non-hydrogen) atoms. The molecule has 2 unspecified atom stereocenters. The van der Waals surface area contributed by atoms with Crippen LogP contribution in [0.25, 0.3) is 0 Å². The summed E-state index contributed by atoms with van der Waals surface area (Å²) in [6.45, 7) is 6.70. The average Bonchev–Trinajstić information content (AvgIpc) is 2.53. The lowest BCUT2D eigenvalue weighted by Crippen LogP contribution is -2.48. The summed E-state index contributed by atoms with van der Waals surface area (Å²) in [4.78, 5) is 19.6. The van der Waals surface area contributed by atoms with Crippen LogP contribution in [0.5, 0.6) is 0 Å². The summed E-state index contributed by atoms with van der Waals surface area (Å²) in [5, 5.41) is 0. The summed E-state index contributed by atoms with van der Waals surface area (Å²) in [5.74, 6) is 5.57. The van der Waals surface area contributed by atoms with Gasteiger partial charge in [-0.2, -0.15) is 0 Å². The zero-order valence-corrected chi connectivity index (χ0v) is 15.0. The largest absolute Gasteiger partial charge is 0.444 e. The van der Waals surface area contributed by atoms with E-state index in [9.17, 15) is 4.79 Å². The third-order valence-electron chi connectivity index (χ3n) is 4.40. The summed E-state index contributed by atoms with van der Waals surface area (Å²) < 4.78 is 5.67. The standard InChI is InChI=1S/C19H30N2O3/c1-19(2,3)24-18(22)21(13-15-9-5-4-6-10-15)17-12-8-7-11-16(17)14-23-20/h4-6,9-10,16-17H,7-8,11-14,20H2,1-3H3. The number of carbonyl (C=O) groups is 1. The van der Waals surface area contributed by atoms with E-state index in [0.29, 0.717) is 13.2 Å². The van der Waals surface area contributed by atoms with Gasteiger partial charge in [0.2, 0.25) is 0 Å². The molecule has 5 heteroatoms. The topological polar surface area (TPSA) is 64.8 Å². The second-order valence-corrected chi connectivity index (χ2v) is 7.54. The molecular formula is C19H30N2O3. The molecule has 2 rings (SSSR count). The van der Waals surface area contributed by atoms with Crippen LogP contribution in [-0.2, 0) is 16.1 Å². The van der Waals surface area contributed by atoms with Gasteiger partial charge in [0.15, 0.2) is 0 Å². The predicted octanol–water partition coefficient (Wildman–Crippen LogP) is 3.87. The Morgan fingerprint density at radius 3 is 2.50 bits per heavy atom. The highest BCUT2D eigenvalue weighted by atomic mass is 16.6. The summed E-state index contributed by atoms with van der Waals surface area (Å²) in [7, 11) is 0.